The molecule has 1 nitrogen and oxygen atoms in total. The second-order valence-electron chi connectivity index (χ2n) is 3.85. The summed E-state index contributed by atoms with van der Waals surface area (Å²) in [5.74, 6) is 0. The summed E-state index contributed by atoms with van der Waals surface area (Å²) in [6.45, 7) is 6.36. The van der Waals surface area contributed by atoms with Crippen LogP contribution in [0, 0.1) is 0 Å². The molecular weight excluding hydrogens is 201 g/mol. The summed E-state index contributed by atoms with van der Waals surface area (Å²) >= 11 is 0. The minimum atomic E-state index is 0.973. The molecule has 2 heteroatoms. The summed E-state index contributed by atoms with van der Waals surface area (Å²) in [5, 5.41) is 4.61. The number of unbranched alkanes of at least 4 members (excludes halogenated alkanes) is 1. The molecule has 82 valence electrons. The van der Waals surface area contributed by atoms with Crippen molar-refractivity contribution in [3.8, 4) is 0 Å². The molecule has 0 heterocycles. The lowest BCUT2D eigenvalue weighted by Crippen LogP contribution is -2.14. The van der Waals surface area contributed by atoms with E-state index in [9.17, 15) is 0 Å². The first kappa shape index (κ1) is 12.4. The summed E-state index contributed by atoms with van der Waals surface area (Å²) in [5.41, 5.74) is 2.60. The van der Waals surface area contributed by atoms with Crippen LogP contribution in [0.2, 0.25) is 0 Å². The fraction of sp³-hybridized carbons (Fsp3) is 0.462. The van der Waals surface area contributed by atoms with Gasteiger partial charge in [0.2, 0.25) is 0 Å². The smallest absolute Gasteiger partial charge is 0.0205 e. The van der Waals surface area contributed by atoms with E-state index >= 15 is 0 Å². The molecule has 1 aromatic rings. The van der Waals surface area contributed by atoms with Crippen LogP contribution >= 0.6 is 8.86 Å². The number of hydrogen-bond donors (Lipinski definition) is 1. The standard InChI is InChI=1S/C13H20NP/c1-3-4-9-14-10-12-5-7-13(8-6-12)11(2)15/h5-8,14-15H,3-4,9-10H2,1-2H3. The number of benzene rings is 1. The van der Waals surface area contributed by atoms with Crippen LogP contribution in [0.15, 0.2) is 24.3 Å². The lowest BCUT2D eigenvalue weighted by Gasteiger charge is -2.05. The van der Waals surface area contributed by atoms with Crippen molar-refractivity contribution in [1.82, 2.24) is 5.32 Å². The molecule has 0 fully saturated rings. The Bertz CT molecular complexity index is 303. The summed E-state index contributed by atoms with van der Waals surface area (Å²) < 4.78 is 0. The van der Waals surface area contributed by atoms with E-state index < -0.39 is 0 Å². The Labute approximate surface area is 95.1 Å². The highest BCUT2D eigenvalue weighted by molar-refractivity contribution is 7.22. The quantitative estimate of drug-likeness (QED) is 0.574. The summed E-state index contributed by atoms with van der Waals surface area (Å²) in [7, 11) is 3.53. The second-order valence-corrected chi connectivity index (χ2v) is 4.60. The van der Waals surface area contributed by atoms with Crippen LogP contribution in [-0.2, 0) is 6.54 Å². The molecule has 0 atom stereocenters. The first-order valence-electron chi connectivity index (χ1n) is 5.59. The van der Waals surface area contributed by atoms with Gasteiger partial charge in [0, 0.05) is 6.54 Å². The maximum atomic E-state index is 3.53. The van der Waals surface area contributed by atoms with Crippen LogP contribution in [-0.4, -0.2) is 11.8 Å². The minimum absolute atomic E-state index is 0.973. The fourth-order valence-corrected chi connectivity index (χ4v) is 1.57. The van der Waals surface area contributed by atoms with Crippen LogP contribution in [0.4, 0.5) is 0 Å². The average molecular weight is 221 g/mol. The van der Waals surface area contributed by atoms with Crippen molar-refractivity contribution in [2.24, 2.45) is 0 Å². The second kappa shape index (κ2) is 6.76. The van der Waals surface area contributed by atoms with Crippen molar-refractivity contribution in [3.05, 3.63) is 35.4 Å². The van der Waals surface area contributed by atoms with Gasteiger partial charge >= 0.3 is 0 Å². The Hall–Kier alpha value is -0.650. The van der Waals surface area contributed by atoms with Crippen molar-refractivity contribution >= 4 is 14.2 Å². The van der Waals surface area contributed by atoms with E-state index in [0.29, 0.717) is 0 Å². The third kappa shape index (κ3) is 4.59. The lowest BCUT2D eigenvalue weighted by molar-refractivity contribution is 0.641. The summed E-state index contributed by atoms with van der Waals surface area (Å²) in [6.07, 6.45) is 2.51. The SMILES string of the molecule is CCCCNCc1ccc(C(C)=P)cc1. The van der Waals surface area contributed by atoms with Crippen molar-refractivity contribution in [3.63, 3.8) is 0 Å². The molecule has 0 aliphatic heterocycles. The van der Waals surface area contributed by atoms with Gasteiger partial charge in [-0.15, -0.1) is 8.86 Å². The molecule has 0 aliphatic rings. The largest absolute Gasteiger partial charge is 0.313 e. The Kier molecular flexibility index (Phi) is 5.60. The van der Waals surface area contributed by atoms with Gasteiger partial charge in [0.15, 0.2) is 0 Å². The molecule has 0 radical (unpaired) electrons. The molecule has 0 saturated heterocycles. The highest BCUT2D eigenvalue weighted by Crippen LogP contribution is 2.06. The zero-order valence-electron chi connectivity index (χ0n) is 9.64. The van der Waals surface area contributed by atoms with E-state index in [1.54, 1.807) is 0 Å². The molecule has 1 N–H and O–H groups in total. The van der Waals surface area contributed by atoms with E-state index in [4.69, 9.17) is 0 Å². The molecular formula is C13H20NP. The van der Waals surface area contributed by atoms with Crippen molar-refractivity contribution < 1.29 is 0 Å². The summed E-state index contributed by atoms with van der Waals surface area (Å²) in [4.78, 5) is 0. The Morgan fingerprint density at radius 3 is 2.47 bits per heavy atom. The molecule has 1 aromatic carbocycles. The Morgan fingerprint density at radius 2 is 1.93 bits per heavy atom. The Morgan fingerprint density at radius 1 is 1.27 bits per heavy atom. The molecule has 0 aliphatic carbocycles. The predicted octanol–water partition coefficient (Wildman–Crippen LogP) is 3.26. The molecule has 0 spiro atoms. The molecule has 0 aromatic heterocycles. The maximum absolute atomic E-state index is 3.53. The summed E-state index contributed by atoms with van der Waals surface area (Å²) in [6, 6.07) is 8.66. The zero-order valence-corrected chi connectivity index (χ0v) is 10.6. The molecule has 0 bridgehead atoms. The molecule has 1 rings (SSSR count). The van der Waals surface area contributed by atoms with E-state index in [-0.39, 0.29) is 0 Å². The highest BCUT2D eigenvalue weighted by Gasteiger charge is 1.95. The third-order valence-electron chi connectivity index (χ3n) is 2.42. The predicted molar refractivity (Wildman–Crippen MR) is 71.2 cm³/mol. The van der Waals surface area contributed by atoms with Gasteiger partial charge in [-0.3, -0.25) is 0 Å². The van der Waals surface area contributed by atoms with Gasteiger partial charge in [0.05, 0.1) is 0 Å². The van der Waals surface area contributed by atoms with Crippen LogP contribution in [0.25, 0.3) is 0 Å². The van der Waals surface area contributed by atoms with Gasteiger partial charge in [0.25, 0.3) is 0 Å². The zero-order chi connectivity index (χ0) is 11.1. The van der Waals surface area contributed by atoms with Crippen molar-refractivity contribution in [2.45, 2.75) is 33.2 Å². The molecule has 0 saturated carbocycles. The average Bonchev–Trinajstić information content (AvgIpc) is 2.25. The van der Waals surface area contributed by atoms with Crippen molar-refractivity contribution in [2.75, 3.05) is 6.54 Å². The van der Waals surface area contributed by atoms with Gasteiger partial charge in [0.1, 0.15) is 0 Å². The lowest BCUT2D eigenvalue weighted by atomic mass is 10.1. The van der Waals surface area contributed by atoms with Gasteiger partial charge in [-0.2, -0.15) is 0 Å². The normalized spacial score (nSPS) is 10.3. The van der Waals surface area contributed by atoms with Crippen LogP contribution in [0.1, 0.15) is 37.8 Å². The first-order valence-corrected chi connectivity index (χ1v) is 6.09. The number of nitrogens with one attached hydrogen (secondary N) is 1. The highest BCUT2D eigenvalue weighted by atomic mass is 31.0. The molecule has 0 amide bonds. The number of rotatable bonds is 6. The van der Waals surface area contributed by atoms with Gasteiger partial charge in [-0.05, 0) is 36.3 Å². The molecule has 0 unspecified atom stereocenters. The van der Waals surface area contributed by atoms with E-state index in [0.717, 1.165) is 13.1 Å². The van der Waals surface area contributed by atoms with Gasteiger partial charge in [-0.25, -0.2) is 0 Å². The van der Waals surface area contributed by atoms with Gasteiger partial charge in [-0.1, -0.05) is 37.6 Å². The van der Waals surface area contributed by atoms with Crippen LogP contribution in [0.5, 0.6) is 0 Å². The monoisotopic (exact) mass is 221 g/mol. The fourth-order valence-electron chi connectivity index (χ4n) is 1.41. The van der Waals surface area contributed by atoms with E-state index in [2.05, 4.69) is 52.3 Å². The topological polar surface area (TPSA) is 12.0 Å². The number of hydrogen-bond acceptors (Lipinski definition) is 1. The first-order chi connectivity index (χ1) is 7.24. The van der Waals surface area contributed by atoms with E-state index in [1.165, 1.54) is 29.3 Å². The minimum Gasteiger partial charge on any atom is -0.313 e. The third-order valence-corrected chi connectivity index (χ3v) is 2.71. The molecule has 15 heavy (non-hydrogen) atoms. The van der Waals surface area contributed by atoms with E-state index in [1.807, 2.05) is 0 Å². The van der Waals surface area contributed by atoms with Crippen LogP contribution < -0.4 is 5.32 Å². The van der Waals surface area contributed by atoms with Crippen LogP contribution in [0.3, 0.4) is 0 Å². The maximum Gasteiger partial charge on any atom is 0.0205 e. The Balaban J connectivity index is 2.39. The van der Waals surface area contributed by atoms with Gasteiger partial charge < -0.3 is 5.32 Å². The van der Waals surface area contributed by atoms with Crippen molar-refractivity contribution in [1.29, 1.82) is 0 Å².